The largest absolute Gasteiger partial charge is 0.399 e. The number of nitrogens with two attached hydrogens (primary N) is 1. The maximum absolute atomic E-state index is 5.82. The van der Waals surface area contributed by atoms with E-state index in [2.05, 4.69) is 41.6 Å². The van der Waals surface area contributed by atoms with E-state index in [1.807, 2.05) is 46.9 Å². The summed E-state index contributed by atoms with van der Waals surface area (Å²) in [4.78, 5) is 1.29. The molecule has 0 aliphatic rings. The van der Waals surface area contributed by atoms with Crippen LogP contribution in [0.15, 0.2) is 71.9 Å². The first-order valence-electron chi connectivity index (χ1n) is 6.87. The first-order chi connectivity index (χ1) is 10.3. The number of thioether (sulfide) groups is 1. The van der Waals surface area contributed by atoms with Crippen LogP contribution < -0.4 is 5.73 Å². The van der Waals surface area contributed by atoms with Crippen molar-refractivity contribution in [1.82, 2.24) is 9.78 Å². The zero-order chi connectivity index (χ0) is 14.5. The lowest BCUT2D eigenvalue weighted by Gasteiger charge is -2.02. The first-order valence-corrected chi connectivity index (χ1v) is 7.86. The van der Waals surface area contributed by atoms with E-state index in [0.29, 0.717) is 0 Å². The number of hydrogen-bond acceptors (Lipinski definition) is 3. The van der Waals surface area contributed by atoms with Crippen molar-refractivity contribution in [2.24, 2.45) is 0 Å². The van der Waals surface area contributed by atoms with Crippen LogP contribution in [0.3, 0.4) is 0 Å². The average Bonchev–Trinajstić information content (AvgIpc) is 2.97. The minimum Gasteiger partial charge on any atom is -0.399 e. The normalized spacial score (nSPS) is 10.7. The molecule has 0 aliphatic heterocycles. The van der Waals surface area contributed by atoms with Gasteiger partial charge in [0.15, 0.2) is 0 Å². The van der Waals surface area contributed by atoms with Gasteiger partial charge in [-0.25, -0.2) is 0 Å². The van der Waals surface area contributed by atoms with Crippen LogP contribution >= 0.6 is 11.8 Å². The van der Waals surface area contributed by atoms with Gasteiger partial charge in [-0.3, -0.25) is 4.68 Å². The molecule has 1 aromatic heterocycles. The maximum Gasteiger partial charge on any atom is 0.0568 e. The standard InChI is InChI=1S/C17H17N3S/c18-16-6-4-5-14(11-16)15-12-19-20(13-15)9-10-21-17-7-2-1-3-8-17/h1-8,11-13H,9-10,18H2. The van der Waals surface area contributed by atoms with E-state index in [1.165, 1.54) is 4.90 Å². The molecular weight excluding hydrogens is 278 g/mol. The summed E-state index contributed by atoms with van der Waals surface area (Å²) in [7, 11) is 0. The molecule has 0 saturated heterocycles. The van der Waals surface area contributed by atoms with Gasteiger partial charge in [0.2, 0.25) is 0 Å². The first kappa shape index (κ1) is 13.8. The molecule has 0 amide bonds. The van der Waals surface area contributed by atoms with Crippen LogP contribution in [0.1, 0.15) is 0 Å². The predicted octanol–water partition coefficient (Wildman–Crippen LogP) is 3.92. The molecule has 3 aromatic rings. The van der Waals surface area contributed by atoms with Gasteiger partial charge in [0.05, 0.1) is 12.7 Å². The van der Waals surface area contributed by atoms with E-state index in [1.54, 1.807) is 0 Å². The van der Waals surface area contributed by atoms with Crippen molar-refractivity contribution >= 4 is 17.4 Å². The Hall–Kier alpha value is -2.20. The third kappa shape index (κ3) is 3.67. The molecule has 3 rings (SSSR count). The average molecular weight is 295 g/mol. The Labute approximate surface area is 128 Å². The van der Waals surface area contributed by atoms with Gasteiger partial charge in [-0.15, -0.1) is 11.8 Å². The van der Waals surface area contributed by atoms with Crippen LogP contribution in [0.5, 0.6) is 0 Å². The quantitative estimate of drug-likeness (QED) is 0.573. The molecule has 4 heteroatoms. The molecule has 0 unspecified atom stereocenters. The van der Waals surface area contributed by atoms with Crippen LogP contribution in [-0.4, -0.2) is 15.5 Å². The number of rotatable bonds is 5. The van der Waals surface area contributed by atoms with E-state index in [4.69, 9.17) is 5.73 Å². The zero-order valence-electron chi connectivity index (χ0n) is 11.6. The van der Waals surface area contributed by atoms with E-state index < -0.39 is 0 Å². The van der Waals surface area contributed by atoms with Gasteiger partial charge >= 0.3 is 0 Å². The Morgan fingerprint density at radius 1 is 1.00 bits per heavy atom. The van der Waals surface area contributed by atoms with Gasteiger partial charge in [-0.05, 0) is 29.8 Å². The highest BCUT2D eigenvalue weighted by molar-refractivity contribution is 7.99. The van der Waals surface area contributed by atoms with Crippen LogP contribution in [0, 0.1) is 0 Å². The van der Waals surface area contributed by atoms with Gasteiger partial charge in [0, 0.05) is 28.1 Å². The zero-order valence-corrected chi connectivity index (χ0v) is 12.5. The van der Waals surface area contributed by atoms with Crippen LogP contribution in [0.25, 0.3) is 11.1 Å². The Morgan fingerprint density at radius 2 is 1.86 bits per heavy atom. The summed E-state index contributed by atoms with van der Waals surface area (Å²) < 4.78 is 1.98. The molecule has 21 heavy (non-hydrogen) atoms. The van der Waals surface area contributed by atoms with Crippen molar-refractivity contribution in [3.05, 3.63) is 67.0 Å². The molecule has 0 aliphatic carbocycles. The van der Waals surface area contributed by atoms with E-state index >= 15 is 0 Å². The number of anilines is 1. The fourth-order valence-corrected chi connectivity index (χ4v) is 2.99. The fraction of sp³-hybridized carbons (Fsp3) is 0.118. The predicted molar refractivity (Wildman–Crippen MR) is 89.2 cm³/mol. The molecular formula is C17H17N3S. The molecule has 2 aromatic carbocycles. The summed E-state index contributed by atoms with van der Waals surface area (Å²) in [6, 6.07) is 18.3. The summed E-state index contributed by atoms with van der Waals surface area (Å²) in [5, 5.41) is 4.42. The highest BCUT2D eigenvalue weighted by atomic mass is 32.2. The van der Waals surface area contributed by atoms with Crippen molar-refractivity contribution in [2.75, 3.05) is 11.5 Å². The summed E-state index contributed by atoms with van der Waals surface area (Å²) >= 11 is 1.84. The van der Waals surface area contributed by atoms with E-state index in [9.17, 15) is 0 Å². The monoisotopic (exact) mass is 295 g/mol. The number of aromatic nitrogens is 2. The Kier molecular flexibility index (Phi) is 4.26. The van der Waals surface area contributed by atoms with Crippen molar-refractivity contribution in [1.29, 1.82) is 0 Å². The van der Waals surface area contributed by atoms with Crippen LogP contribution in [0.2, 0.25) is 0 Å². The van der Waals surface area contributed by atoms with Crippen molar-refractivity contribution in [3.8, 4) is 11.1 Å². The molecule has 1 heterocycles. The van der Waals surface area contributed by atoms with Crippen LogP contribution in [0.4, 0.5) is 5.69 Å². The fourth-order valence-electron chi connectivity index (χ4n) is 2.13. The summed E-state index contributed by atoms with van der Waals surface area (Å²) in [5.41, 5.74) is 8.81. The lowest BCUT2D eigenvalue weighted by Crippen LogP contribution is -2.00. The van der Waals surface area contributed by atoms with Crippen LogP contribution in [-0.2, 0) is 6.54 Å². The second-order valence-corrected chi connectivity index (χ2v) is 5.95. The van der Waals surface area contributed by atoms with Gasteiger partial charge < -0.3 is 5.73 Å². The third-order valence-electron chi connectivity index (χ3n) is 3.19. The number of benzene rings is 2. The third-order valence-corrected chi connectivity index (χ3v) is 4.18. The summed E-state index contributed by atoms with van der Waals surface area (Å²) in [6.45, 7) is 0.891. The number of nitrogen functional groups attached to an aromatic ring is 1. The van der Waals surface area contributed by atoms with E-state index in [0.717, 1.165) is 29.1 Å². The second kappa shape index (κ2) is 6.50. The Morgan fingerprint density at radius 3 is 2.67 bits per heavy atom. The highest BCUT2D eigenvalue weighted by Gasteiger charge is 2.02. The Bertz CT molecular complexity index is 707. The maximum atomic E-state index is 5.82. The number of nitrogens with zero attached hydrogens (tertiary/aromatic N) is 2. The summed E-state index contributed by atoms with van der Waals surface area (Å²) in [6.07, 6.45) is 3.96. The molecule has 0 fully saturated rings. The van der Waals surface area contributed by atoms with Crippen molar-refractivity contribution < 1.29 is 0 Å². The van der Waals surface area contributed by atoms with Crippen molar-refractivity contribution in [2.45, 2.75) is 11.4 Å². The Balaban J connectivity index is 1.60. The van der Waals surface area contributed by atoms with Gasteiger partial charge in [0.1, 0.15) is 0 Å². The van der Waals surface area contributed by atoms with Gasteiger partial charge in [-0.1, -0.05) is 30.3 Å². The molecule has 0 atom stereocenters. The SMILES string of the molecule is Nc1cccc(-c2cnn(CCSc3ccccc3)c2)c1. The van der Waals surface area contributed by atoms with E-state index in [-0.39, 0.29) is 0 Å². The topological polar surface area (TPSA) is 43.8 Å². The van der Waals surface area contributed by atoms with Gasteiger partial charge in [-0.2, -0.15) is 5.10 Å². The molecule has 0 saturated carbocycles. The van der Waals surface area contributed by atoms with Gasteiger partial charge in [0.25, 0.3) is 0 Å². The second-order valence-electron chi connectivity index (χ2n) is 4.78. The molecule has 0 bridgehead atoms. The lowest BCUT2D eigenvalue weighted by atomic mass is 10.1. The molecule has 2 N–H and O–H groups in total. The molecule has 106 valence electrons. The smallest absolute Gasteiger partial charge is 0.0568 e. The minimum absolute atomic E-state index is 0.778. The molecule has 0 spiro atoms. The lowest BCUT2D eigenvalue weighted by molar-refractivity contribution is 0.666. The number of hydrogen-bond donors (Lipinski definition) is 1. The minimum atomic E-state index is 0.778. The molecule has 3 nitrogen and oxygen atoms in total. The van der Waals surface area contributed by atoms with Crippen molar-refractivity contribution in [3.63, 3.8) is 0 Å². The number of aryl methyl sites for hydroxylation is 1. The highest BCUT2D eigenvalue weighted by Crippen LogP contribution is 2.21. The molecule has 0 radical (unpaired) electrons. The summed E-state index contributed by atoms with van der Waals surface area (Å²) in [5.74, 6) is 1.00.